The van der Waals surface area contributed by atoms with Gasteiger partial charge in [-0.05, 0) is 40.5 Å². The van der Waals surface area contributed by atoms with Crippen LogP contribution in [0, 0.1) is 0 Å². The summed E-state index contributed by atoms with van der Waals surface area (Å²) >= 11 is 0. The van der Waals surface area contributed by atoms with Crippen LogP contribution in [0.25, 0.3) is 0 Å². The molecule has 0 spiro atoms. The van der Waals surface area contributed by atoms with E-state index in [1.54, 1.807) is 0 Å². The van der Waals surface area contributed by atoms with Crippen LogP contribution >= 0.6 is 0 Å². The van der Waals surface area contributed by atoms with Gasteiger partial charge in [0.2, 0.25) is 17.7 Å². The van der Waals surface area contributed by atoms with E-state index in [9.17, 15) is 19.2 Å². The van der Waals surface area contributed by atoms with E-state index in [2.05, 4.69) is 15.4 Å². The second-order valence-electron chi connectivity index (χ2n) is 8.92. The molecule has 0 saturated heterocycles. The second kappa shape index (κ2) is 22.9. The van der Waals surface area contributed by atoms with E-state index in [0.29, 0.717) is 19.3 Å². The number of carbonyl (C=O) groups excluding carboxylic acids is 4. The monoisotopic (exact) mass is 533 g/mol. The van der Waals surface area contributed by atoms with Crippen LogP contribution < -0.4 is 10.6 Å². The highest BCUT2D eigenvalue weighted by atomic mass is 16.7. The summed E-state index contributed by atoms with van der Waals surface area (Å²) in [6.07, 6.45) is 3.45. The van der Waals surface area contributed by atoms with Gasteiger partial charge in [-0.1, -0.05) is 12.8 Å². The number of hydrogen-bond acceptors (Lipinski definition) is 9. The SMILES string of the molecule is COC(=O)CCCCCCC(=O)N(CC(=O)NCCOCOC(C)C)CC(=O)NCCOCOC(C)C. The van der Waals surface area contributed by atoms with E-state index >= 15 is 0 Å². The zero-order valence-corrected chi connectivity index (χ0v) is 23.2. The predicted molar refractivity (Wildman–Crippen MR) is 136 cm³/mol. The number of unbranched alkanes of at least 4 members (excludes halogenated alkanes) is 3. The van der Waals surface area contributed by atoms with Crippen LogP contribution in [0.4, 0.5) is 0 Å². The van der Waals surface area contributed by atoms with Crippen LogP contribution in [0.2, 0.25) is 0 Å². The van der Waals surface area contributed by atoms with Gasteiger partial charge in [-0.15, -0.1) is 0 Å². The Balaban J connectivity index is 4.52. The van der Waals surface area contributed by atoms with Gasteiger partial charge in [0.05, 0.1) is 32.5 Å². The third-order valence-corrected chi connectivity index (χ3v) is 4.88. The quantitative estimate of drug-likeness (QED) is 0.113. The molecule has 0 atom stereocenters. The molecule has 12 heteroatoms. The summed E-state index contributed by atoms with van der Waals surface area (Å²) in [5.74, 6) is -1.32. The Kier molecular flexibility index (Phi) is 21.5. The summed E-state index contributed by atoms with van der Waals surface area (Å²) in [5.41, 5.74) is 0. The Labute approximate surface area is 221 Å². The standard InChI is InChI=1S/C25H47N3O9/c1-20(2)36-18-34-14-12-26-22(29)16-28(17-23(30)27-13-15-35-19-37-21(3)4)24(31)10-8-6-7-9-11-25(32)33-5/h20-21H,6-19H2,1-5H3,(H,26,29)(H,27,30). The normalized spacial score (nSPS) is 11.0. The molecule has 0 bridgehead atoms. The van der Waals surface area contributed by atoms with Crippen molar-refractivity contribution in [2.24, 2.45) is 0 Å². The molecule has 2 N–H and O–H groups in total. The zero-order chi connectivity index (χ0) is 27.9. The first-order valence-corrected chi connectivity index (χ1v) is 12.9. The minimum atomic E-state index is -0.387. The molecule has 0 fully saturated rings. The summed E-state index contributed by atoms with van der Waals surface area (Å²) in [6.45, 7) is 8.38. The molecule has 0 aliphatic heterocycles. The van der Waals surface area contributed by atoms with E-state index in [4.69, 9.17) is 18.9 Å². The summed E-state index contributed by atoms with van der Waals surface area (Å²) in [6, 6.07) is 0. The zero-order valence-electron chi connectivity index (χ0n) is 23.2. The second-order valence-corrected chi connectivity index (χ2v) is 8.92. The third-order valence-electron chi connectivity index (χ3n) is 4.88. The van der Waals surface area contributed by atoms with Gasteiger partial charge in [-0.25, -0.2) is 0 Å². The topological polar surface area (TPSA) is 142 Å². The Bertz CT molecular complexity index is 611. The molecule has 37 heavy (non-hydrogen) atoms. The van der Waals surface area contributed by atoms with Crippen LogP contribution in [0.15, 0.2) is 0 Å². The molecule has 216 valence electrons. The van der Waals surface area contributed by atoms with Crippen LogP contribution in [0.1, 0.15) is 66.2 Å². The van der Waals surface area contributed by atoms with E-state index in [-0.39, 0.29) is 95.3 Å². The molecule has 0 saturated carbocycles. The van der Waals surface area contributed by atoms with Crippen molar-refractivity contribution in [1.29, 1.82) is 0 Å². The van der Waals surface area contributed by atoms with Gasteiger partial charge in [-0.2, -0.15) is 0 Å². The van der Waals surface area contributed by atoms with Gasteiger partial charge in [0, 0.05) is 25.9 Å². The number of nitrogens with zero attached hydrogens (tertiary/aromatic N) is 1. The average molecular weight is 534 g/mol. The highest BCUT2D eigenvalue weighted by molar-refractivity contribution is 5.89. The fourth-order valence-electron chi connectivity index (χ4n) is 2.86. The number of ether oxygens (including phenoxy) is 5. The van der Waals surface area contributed by atoms with Crippen LogP contribution in [-0.4, -0.2) is 101 Å². The molecule has 12 nitrogen and oxygen atoms in total. The highest BCUT2D eigenvalue weighted by Gasteiger charge is 2.20. The lowest BCUT2D eigenvalue weighted by molar-refractivity contribution is -0.140. The molecule has 0 heterocycles. The highest BCUT2D eigenvalue weighted by Crippen LogP contribution is 2.08. The molecule has 0 aliphatic rings. The Hall–Kier alpha value is -2.28. The van der Waals surface area contributed by atoms with Gasteiger partial charge in [0.15, 0.2) is 0 Å². The Morgan fingerprint density at radius 3 is 1.59 bits per heavy atom. The minimum absolute atomic E-state index is 0.0492. The van der Waals surface area contributed by atoms with Crippen molar-refractivity contribution in [2.75, 3.05) is 60.1 Å². The van der Waals surface area contributed by atoms with Crippen molar-refractivity contribution in [3.63, 3.8) is 0 Å². The van der Waals surface area contributed by atoms with Crippen molar-refractivity contribution >= 4 is 23.7 Å². The van der Waals surface area contributed by atoms with Gasteiger partial charge >= 0.3 is 5.97 Å². The molecule has 0 aromatic carbocycles. The van der Waals surface area contributed by atoms with E-state index < -0.39 is 0 Å². The molecular formula is C25H47N3O9. The molecule has 0 aliphatic carbocycles. The van der Waals surface area contributed by atoms with E-state index in [1.807, 2.05) is 27.7 Å². The van der Waals surface area contributed by atoms with Crippen molar-refractivity contribution in [3.05, 3.63) is 0 Å². The summed E-state index contributed by atoms with van der Waals surface area (Å²) in [5, 5.41) is 5.36. The van der Waals surface area contributed by atoms with Gasteiger partial charge in [0.1, 0.15) is 26.7 Å². The smallest absolute Gasteiger partial charge is 0.305 e. The molecule has 0 aromatic heterocycles. The fourth-order valence-corrected chi connectivity index (χ4v) is 2.86. The molecule has 0 unspecified atom stereocenters. The fraction of sp³-hybridized carbons (Fsp3) is 0.840. The van der Waals surface area contributed by atoms with Gasteiger partial charge in [0.25, 0.3) is 0 Å². The minimum Gasteiger partial charge on any atom is -0.469 e. The largest absolute Gasteiger partial charge is 0.469 e. The Morgan fingerprint density at radius 2 is 1.16 bits per heavy atom. The molecule has 0 aromatic rings. The number of hydrogen-bond donors (Lipinski definition) is 2. The maximum atomic E-state index is 12.8. The number of esters is 1. The number of carbonyl (C=O) groups is 4. The van der Waals surface area contributed by atoms with Crippen LogP contribution in [-0.2, 0) is 42.9 Å². The lowest BCUT2D eigenvalue weighted by Crippen LogP contribution is -2.46. The summed E-state index contributed by atoms with van der Waals surface area (Å²) < 4.78 is 25.7. The summed E-state index contributed by atoms with van der Waals surface area (Å²) in [7, 11) is 1.35. The van der Waals surface area contributed by atoms with E-state index in [0.717, 1.165) is 12.8 Å². The number of methoxy groups -OCH3 is 1. The maximum Gasteiger partial charge on any atom is 0.305 e. The van der Waals surface area contributed by atoms with Gasteiger partial charge in [-0.3, -0.25) is 19.2 Å². The molecular weight excluding hydrogens is 486 g/mol. The predicted octanol–water partition coefficient (Wildman–Crippen LogP) is 1.36. The maximum absolute atomic E-state index is 12.8. The van der Waals surface area contributed by atoms with Crippen molar-refractivity contribution < 1.29 is 42.9 Å². The molecule has 0 rings (SSSR count). The molecule has 3 amide bonds. The molecule has 0 radical (unpaired) electrons. The number of amides is 3. The Morgan fingerprint density at radius 1 is 0.703 bits per heavy atom. The first-order chi connectivity index (χ1) is 17.6. The van der Waals surface area contributed by atoms with E-state index in [1.165, 1.54) is 12.0 Å². The van der Waals surface area contributed by atoms with Gasteiger partial charge < -0.3 is 39.2 Å². The average Bonchev–Trinajstić information content (AvgIpc) is 2.84. The van der Waals surface area contributed by atoms with Crippen LogP contribution in [0.3, 0.4) is 0 Å². The summed E-state index contributed by atoms with van der Waals surface area (Å²) in [4.78, 5) is 49.9. The first-order valence-electron chi connectivity index (χ1n) is 12.9. The lowest BCUT2D eigenvalue weighted by atomic mass is 10.1. The first kappa shape index (κ1) is 34.7. The lowest BCUT2D eigenvalue weighted by Gasteiger charge is -2.22. The van der Waals surface area contributed by atoms with Crippen molar-refractivity contribution in [2.45, 2.75) is 78.4 Å². The van der Waals surface area contributed by atoms with Crippen LogP contribution in [0.5, 0.6) is 0 Å². The number of nitrogens with one attached hydrogen (secondary N) is 2. The van der Waals surface area contributed by atoms with Crippen molar-refractivity contribution in [3.8, 4) is 0 Å². The van der Waals surface area contributed by atoms with Crippen molar-refractivity contribution in [1.82, 2.24) is 15.5 Å². The third kappa shape index (κ3) is 22.6. The number of rotatable bonds is 23.